The quantitative estimate of drug-likeness (QED) is 0.621. The van der Waals surface area contributed by atoms with Crippen LogP contribution in [0.5, 0.6) is 0 Å². The number of piperazine rings is 1. The maximum absolute atomic E-state index is 12.6. The van der Waals surface area contributed by atoms with E-state index in [1.807, 2.05) is 34.7 Å². The molecule has 1 aliphatic rings. The molecule has 2 aromatic rings. The summed E-state index contributed by atoms with van der Waals surface area (Å²) in [6, 6.07) is 5.82. The lowest BCUT2D eigenvalue weighted by Gasteiger charge is -2.34. The Balaban J connectivity index is 1.69. The number of nitrogens with zero attached hydrogens (tertiary/aromatic N) is 3. The van der Waals surface area contributed by atoms with Crippen LogP contribution in [0.15, 0.2) is 34.2 Å². The van der Waals surface area contributed by atoms with Crippen LogP contribution in [0.25, 0.3) is 0 Å². The zero-order valence-electron chi connectivity index (χ0n) is 11.1. The van der Waals surface area contributed by atoms with E-state index in [0.29, 0.717) is 0 Å². The lowest BCUT2D eigenvalue weighted by molar-refractivity contribution is 0.0745. The number of carbonyl (C=O) groups excluding carboxylic acids is 1. The summed E-state index contributed by atoms with van der Waals surface area (Å²) in [6.07, 6.45) is 1.82. The number of anilines is 1. The van der Waals surface area contributed by atoms with Crippen molar-refractivity contribution in [3.63, 3.8) is 0 Å². The first-order valence-electron chi connectivity index (χ1n) is 6.54. The molecule has 2 heterocycles. The van der Waals surface area contributed by atoms with Gasteiger partial charge in [0.15, 0.2) is 5.13 Å². The van der Waals surface area contributed by atoms with Gasteiger partial charge >= 0.3 is 0 Å². The van der Waals surface area contributed by atoms with Gasteiger partial charge in [-0.2, -0.15) is 0 Å². The molecule has 1 fully saturated rings. The molecule has 0 bridgehead atoms. The summed E-state index contributed by atoms with van der Waals surface area (Å²) in [7, 11) is 0. The van der Waals surface area contributed by atoms with Crippen LogP contribution in [0.2, 0.25) is 0 Å². The largest absolute Gasteiger partial charge is 0.345 e. The molecule has 0 atom stereocenters. The summed E-state index contributed by atoms with van der Waals surface area (Å²) in [5, 5.41) is 3.02. The number of thiazole rings is 1. The molecule has 1 aromatic carbocycles. The molecule has 0 radical (unpaired) electrons. The topological polar surface area (TPSA) is 36.4 Å². The van der Waals surface area contributed by atoms with E-state index in [0.717, 1.165) is 44.9 Å². The Labute approximate surface area is 149 Å². The van der Waals surface area contributed by atoms with Crippen LogP contribution in [0.3, 0.4) is 0 Å². The van der Waals surface area contributed by atoms with Gasteiger partial charge in [-0.1, -0.05) is 15.9 Å². The predicted octanol–water partition coefficient (Wildman–Crippen LogP) is 3.47. The molecule has 7 heteroatoms. The smallest absolute Gasteiger partial charge is 0.255 e. The molecule has 1 aromatic heterocycles. The molecule has 0 N–H and O–H groups in total. The van der Waals surface area contributed by atoms with E-state index < -0.39 is 0 Å². The van der Waals surface area contributed by atoms with E-state index in [2.05, 4.69) is 48.4 Å². The van der Waals surface area contributed by atoms with Crippen LogP contribution < -0.4 is 4.90 Å². The Morgan fingerprint density at radius 3 is 2.71 bits per heavy atom. The fraction of sp³-hybridized carbons (Fsp3) is 0.286. The van der Waals surface area contributed by atoms with Crippen molar-refractivity contribution in [2.45, 2.75) is 0 Å². The van der Waals surface area contributed by atoms with Crippen molar-refractivity contribution < 1.29 is 4.79 Å². The minimum absolute atomic E-state index is 0.111. The van der Waals surface area contributed by atoms with Crippen molar-refractivity contribution in [2.24, 2.45) is 0 Å². The summed E-state index contributed by atoms with van der Waals surface area (Å²) in [5.74, 6) is 0.111. The normalized spacial score (nSPS) is 15.3. The third kappa shape index (κ3) is 3.40. The highest BCUT2D eigenvalue weighted by molar-refractivity contribution is 14.1. The molecule has 0 unspecified atom stereocenters. The third-order valence-corrected chi connectivity index (χ3v) is 5.68. The van der Waals surface area contributed by atoms with Gasteiger partial charge in [-0.3, -0.25) is 4.79 Å². The van der Waals surface area contributed by atoms with E-state index in [-0.39, 0.29) is 5.91 Å². The number of amides is 1. The van der Waals surface area contributed by atoms with Gasteiger partial charge in [-0.15, -0.1) is 11.3 Å². The maximum Gasteiger partial charge on any atom is 0.255 e. The second kappa shape index (κ2) is 6.62. The Hall–Kier alpha value is -0.670. The van der Waals surface area contributed by atoms with Crippen molar-refractivity contribution >= 4 is 60.9 Å². The summed E-state index contributed by atoms with van der Waals surface area (Å²) < 4.78 is 1.93. The van der Waals surface area contributed by atoms with Gasteiger partial charge in [-0.25, -0.2) is 4.98 Å². The van der Waals surface area contributed by atoms with Crippen LogP contribution in [0, 0.1) is 3.57 Å². The van der Waals surface area contributed by atoms with Gasteiger partial charge in [0.25, 0.3) is 5.91 Å². The van der Waals surface area contributed by atoms with Crippen molar-refractivity contribution in [1.82, 2.24) is 9.88 Å². The average Bonchev–Trinajstić information content (AvgIpc) is 3.03. The molecule has 1 amide bonds. The first kappa shape index (κ1) is 15.2. The van der Waals surface area contributed by atoms with Gasteiger partial charge in [-0.05, 0) is 40.8 Å². The van der Waals surface area contributed by atoms with Crippen LogP contribution in [0.4, 0.5) is 5.13 Å². The molecule has 3 rings (SSSR count). The molecule has 110 valence electrons. The second-order valence-electron chi connectivity index (χ2n) is 4.72. The monoisotopic (exact) mass is 477 g/mol. The fourth-order valence-corrected chi connectivity index (χ4v) is 3.93. The molecule has 0 spiro atoms. The third-order valence-electron chi connectivity index (χ3n) is 3.42. The predicted molar refractivity (Wildman–Crippen MR) is 97.1 cm³/mol. The van der Waals surface area contributed by atoms with Crippen LogP contribution >= 0.6 is 49.9 Å². The Morgan fingerprint density at radius 2 is 2.05 bits per heavy atom. The van der Waals surface area contributed by atoms with Crippen LogP contribution in [-0.4, -0.2) is 42.0 Å². The number of halogens is 2. The van der Waals surface area contributed by atoms with Crippen molar-refractivity contribution in [3.8, 4) is 0 Å². The highest BCUT2D eigenvalue weighted by Crippen LogP contribution is 2.22. The SMILES string of the molecule is O=C(c1cc(Br)ccc1I)N1CCN(c2nccs2)CC1. The molecular formula is C14H13BrIN3OS. The highest BCUT2D eigenvalue weighted by Gasteiger charge is 2.24. The van der Waals surface area contributed by atoms with Gasteiger partial charge in [0, 0.05) is 45.8 Å². The Morgan fingerprint density at radius 1 is 1.29 bits per heavy atom. The van der Waals surface area contributed by atoms with E-state index in [1.165, 1.54) is 0 Å². The number of rotatable bonds is 2. The summed E-state index contributed by atoms with van der Waals surface area (Å²) >= 11 is 7.29. The Bertz CT molecular complexity index is 642. The molecule has 0 saturated carbocycles. The van der Waals surface area contributed by atoms with Crippen molar-refractivity contribution in [2.75, 3.05) is 31.1 Å². The number of hydrogen-bond acceptors (Lipinski definition) is 4. The number of hydrogen-bond donors (Lipinski definition) is 0. The zero-order chi connectivity index (χ0) is 14.8. The van der Waals surface area contributed by atoms with Gasteiger partial charge in [0.2, 0.25) is 0 Å². The van der Waals surface area contributed by atoms with Gasteiger partial charge < -0.3 is 9.80 Å². The van der Waals surface area contributed by atoms with E-state index in [9.17, 15) is 4.79 Å². The fourth-order valence-electron chi connectivity index (χ4n) is 2.30. The molecule has 1 saturated heterocycles. The highest BCUT2D eigenvalue weighted by atomic mass is 127. The number of benzene rings is 1. The molecule has 4 nitrogen and oxygen atoms in total. The summed E-state index contributed by atoms with van der Waals surface area (Å²) in [4.78, 5) is 21.1. The first-order chi connectivity index (χ1) is 10.1. The van der Waals surface area contributed by atoms with Gasteiger partial charge in [0.1, 0.15) is 0 Å². The first-order valence-corrected chi connectivity index (χ1v) is 9.29. The van der Waals surface area contributed by atoms with Gasteiger partial charge in [0.05, 0.1) is 5.56 Å². The van der Waals surface area contributed by atoms with E-state index in [1.54, 1.807) is 11.3 Å². The zero-order valence-corrected chi connectivity index (χ0v) is 15.7. The summed E-state index contributed by atoms with van der Waals surface area (Å²) in [5.41, 5.74) is 0.771. The number of carbonyl (C=O) groups is 1. The van der Waals surface area contributed by atoms with Crippen LogP contribution in [0.1, 0.15) is 10.4 Å². The lowest BCUT2D eigenvalue weighted by Crippen LogP contribution is -2.48. The minimum Gasteiger partial charge on any atom is -0.345 e. The lowest BCUT2D eigenvalue weighted by atomic mass is 10.2. The van der Waals surface area contributed by atoms with Crippen molar-refractivity contribution in [3.05, 3.63) is 43.4 Å². The van der Waals surface area contributed by atoms with E-state index in [4.69, 9.17) is 0 Å². The summed E-state index contributed by atoms with van der Waals surface area (Å²) in [6.45, 7) is 3.15. The van der Waals surface area contributed by atoms with E-state index >= 15 is 0 Å². The standard InChI is InChI=1S/C14H13BrIN3OS/c15-10-1-2-12(16)11(9-10)13(20)18-4-6-19(7-5-18)14-17-3-8-21-14/h1-3,8-9H,4-7H2. The molecule has 21 heavy (non-hydrogen) atoms. The molecule has 1 aliphatic heterocycles. The maximum atomic E-state index is 12.6. The number of aromatic nitrogens is 1. The average molecular weight is 478 g/mol. The minimum atomic E-state index is 0.111. The van der Waals surface area contributed by atoms with Crippen molar-refractivity contribution in [1.29, 1.82) is 0 Å². The molecular weight excluding hydrogens is 465 g/mol. The second-order valence-corrected chi connectivity index (χ2v) is 7.67. The van der Waals surface area contributed by atoms with Crippen LogP contribution in [-0.2, 0) is 0 Å². The Kier molecular flexibility index (Phi) is 4.80. The molecule has 0 aliphatic carbocycles.